The summed E-state index contributed by atoms with van der Waals surface area (Å²) in [4.78, 5) is 31.7. The van der Waals surface area contributed by atoms with Gasteiger partial charge in [-0.05, 0) is 54.6 Å². The highest BCUT2D eigenvalue weighted by molar-refractivity contribution is 6.04. The quantitative estimate of drug-likeness (QED) is 0.430. The molecule has 9 heteroatoms. The summed E-state index contributed by atoms with van der Waals surface area (Å²) >= 11 is 0. The number of H-pyrrole nitrogens is 2. The van der Waals surface area contributed by atoms with E-state index in [1.165, 1.54) is 12.1 Å². The van der Waals surface area contributed by atoms with Crippen LogP contribution in [-0.2, 0) is 4.74 Å². The highest BCUT2D eigenvalue weighted by atomic mass is 19.1. The van der Waals surface area contributed by atoms with Gasteiger partial charge in [0.15, 0.2) is 5.75 Å². The van der Waals surface area contributed by atoms with Crippen molar-refractivity contribution < 1.29 is 18.7 Å². The van der Waals surface area contributed by atoms with E-state index in [9.17, 15) is 14.0 Å². The zero-order chi connectivity index (χ0) is 22.8. The lowest BCUT2D eigenvalue weighted by atomic mass is 10.1. The molecule has 1 fully saturated rings. The SMILES string of the molecule is O=C(Nc1ccc(Oc2cccc3[nH]c(=O)[nH]c23)cc1)c1cc(F)cc(N2CCOCC2)c1. The number of nitrogens with one attached hydrogen (secondary N) is 3. The minimum absolute atomic E-state index is 0.236. The highest BCUT2D eigenvalue weighted by Gasteiger charge is 2.16. The average molecular weight is 448 g/mol. The Balaban J connectivity index is 1.29. The molecule has 1 amide bonds. The van der Waals surface area contributed by atoms with Gasteiger partial charge >= 0.3 is 5.69 Å². The topological polar surface area (TPSA) is 99.4 Å². The predicted octanol–water partition coefficient (Wildman–Crippen LogP) is 3.88. The number of rotatable bonds is 5. The standard InChI is InChI=1S/C24H21FN4O4/c25-16-12-15(13-18(14-16)29-8-10-32-11-9-29)23(30)26-17-4-6-19(7-5-17)33-21-3-1-2-20-22(21)28-24(31)27-20/h1-7,12-14H,8-11H2,(H,26,30)(H2,27,28,31). The van der Waals surface area contributed by atoms with Gasteiger partial charge in [0.1, 0.15) is 17.1 Å². The molecule has 33 heavy (non-hydrogen) atoms. The van der Waals surface area contributed by atoms with Crippen molar-refractivity contribution in [1.29, 1.82) is 0 Å². The Morgan fingerprint density at radius 3 is 2.61 bits per heavy atom. The van der Waals surface area contributed by atoms with Gasteiger partial charge in [-0.2, -0.15) is 0 Å². The van der Waals surface area contributed by atoms with Crippen LogP contribution in [0.2, 0.25) is 0 Å². The van der Waals surface area contributed by atoms with Crippen LogP contribution in [0, 0.1) is 5.82 Å². The zero-order valence-corrected chi connectivity index (χ0v) is 17.6. The number of aromatic nitrogens is 2. The molecule has 0 unspecified atom stereocenters. The van der Waals surface area contributed by atoms with Crippen LogP contribution in [0.25, 0.3) is 11.0 Å². The van der Waals surface area contributed by atoms with Crippen LogP contribution < -0.4 is 20.6 Å². The van der Waals surface area contributed by atoms with Gasteiger partial charge in [-0.1, -0.05) is 6.07 Å². The normalized spacial score (nSPS) is 13.8. The third-order valence-electron chi connectivity index (χ3n) is 5.37. The van der Waals surface area contributed by atoms with Crippen molar-refractivity contribution in [1.82, 2.24) is 9.97 Å². The molecule has 2 heterocycles. The summed E-state index contributed by atoms with van der Waals surface area (Å²) in [7, 11) is 0. The number of amides is 1. The van der Waals surface area contributed by atoms with Crippen molar-refractivity contribution in [2.24, 2.45) is 0 Å². The van der Waals surface area contributed by atoms with Crippen LogP contribution >= 0.6 is 0 Å². The Morgan fingerprint density at radius 1 is 1.03 bits per heavy atom. The zero-order valence-electron chi connectivity index (χ0n) is 17.6. The summed E-state index contributed by atoms with van der Waals surface area (Å²) in [6.45, 7) is 2.44. The van der Waals surface area contributed by atoms with Crippen molar-refractivity contribution in [3.8, 4) is 11.5 Å². The van der Waals surface area contributed by atoms with Crippen LogP contribution in [-0.4, -0.2) is 42.2 Å². The Morgan fingerprint density at radius 2 is 1.82 bits per heavy atom. The fourth-order valence-electron chi connectivity index (χ4n) is 3.76. The molecule has 1 saturated heterocycles. The van der Waals surface area contributed by atoms with Gasteiger partial charge in [-0.3, -0.25) is 4.79 Å². The van der Waals surface area contributed by atoms with Gasteiger partial charge in [0.25, 0.3) is 5.91 Å². The summed E-state index contributed by atoms with van der Waals surface area (Å²) < 4.78 is 25.4. The van der Waals surface area contributed by atoms with E-state index in [0.29, 0.717) is 60.2 Å². The summed E-state index contributed by atoms with van der Waals surface area (Å²) in [5.41, 5.74) is 2.34. The number of benzene rings is 3. The summed E-state index contributed by atoms with van der Waals surface area (Å²) in [6.07, 6.45) is 0. The molecular formula is C24H21FN4O4. The Labute approximate surface area is 188 Å². The molecule has 0 radical (unpaired) electrons. The maximum absolute atomic E-state index is 14.2. The largest absolute Gasteiger partial charge is 0.455 e. The molecule has 0 bridgehead atoms. The molecule has 1 aliphatic rings. The van der Waals surface area contributed by atoms with Gasteiger partial charge in [0, 0.05) is 30.0 Å². The first-order chi connectivity index (χ1) is 16.0. The molecular weight excluding hydrogens is 427 g/mol. The van der Waals surface area contributed by atoms with E-state index in [-0.39, 0.29) is 11.3 Å². The number of hydrogen-bond donors (Lipinski definition) is 3. The number of fused-ring (bicyclic) bond motifs is 1. The van der Waals surface area contributed by atoms with Gasteiger partial charge in [-0.15, -0.1) is 0 Å². The van der Waals surface area contributed by atoms with E-state index in [1.807, 2.05) is 4.90 Å². The first-order valence-corrected chi connectivity index (χ1v) is 10.5. The maximum Gasteiger partial charge on any atom is 0.323 e. The van der Waals surface area contributed by atoms with Crippen molar-refractivity contribution in [3.63, 3.8) is 0 Å². The van der Waals surface area contributed by atoms with Gasteiger partial charge in [0.05, 0.1) is 18.7 Å². The van der Waals surface area contributed by atoms with Crippen molar-refractivity contribution in [2.45, 2.75) is 0 Å². The molecule has 1 aromatic heterocycles. The van der Waals surface area contributed by atoms with Crippen molar-refractivity contribution in [2.75, 3.05) is 36.5 Å². The molecule has 0 aliphatic carbocycles. The second-order valence-corrected chi connectivity index (χ2v) is 7.64. The van der Waals surface area contributed by atoms with Crippen molar-refractivity contribution in [3.05, 3.63) is 82.5 Å². The fourth-order valence-corrected chi connectivity index (χ4v) is 3.76. The van der Waals surface area contributed by atoms with E-state index < -0.39 is 11.7 Å². The molecule has 0 saturated carbocycles. The first-order valence-electron chi connectivity index (χ1n) is 10.5. The fraction of sp³-hybridized carbons (Fsp3) is 0.167. The molecule has 168 valence electrons. The second kappa shape index (κ2) is 8.79. The lowest BCUT2D eigenvalue weighted by Crippen LogP contribution is -2.36. The molecule has 3 aromatic carbocycles. The number of ether oxygens (including phenoxy) is 2. The van der Waals surface area contributed by atoms with Crippen LogP contribution in [0.15, 0.2) is 65.5 Å². The van der Waals surface area contributed by atoms with E-state index >= 15 is 0 Å². The van der Waals surface area contributed by atoms with E-state index in [4.69, 9.17) is 9.47 Å². The van der Waals surface area contributed by atoms with Crippen LogP contribution in [0.1, 0.15) is 10.4 Å². The number of anilines is 2. The first kappa shape index (κ1) is 20.8. The molecule has 0 atom stereocenters. The Kier molecular flexibility index (Phi) is 5.54. The van der Waals surface area contributed by atoms with Gasteiger partial charge < -0.3 is 29.7 Å². The van der Waals surface area contributed by atoms with E-state index in [1.54, 1.807) is 48.5 Å². The number of imidazole rings is 1. The Hall–Kier alpha value is -4.11. The molecule has 3 N–H and O–H groups in total. The van der Waals surface area contributed by atoms with Gasteiger partial charge in [0.2, 0.25) is 0 Å². The van der Waals surface area contributed by atoms with Crippen LogP contribution in [0.5, 0.6) is 11.5 Å². The second-order valence-electron chi connectivity index (χ2n) is 7.64. The van der Waals surface area contributed by atoms with Gasteiger partial charge in [-0.25, -0.2) is 9.18 Å². The highest BCUT2D eigenvalue weighted by Crippen LogP contribution is 2.28. The molecule has 5 rings (SSSR count). The van der Waals surface area contributed by atoms with Crippen molar-refractivity contribution >= 4 is 28.3 Å². The molecule has 4 aromatic rings. The number of carbonyl (C=O) groups is 1. The smallest absolute Gasteiger partial charge is 0.323 e. The predicted molar refractivity (Wildman–Crippen MR) is 123 cm³/mol. The number of aromatic amines is 2. The molecule has 8 nitrogen and oxygen atoms in total. The number of morpholine rings is 1. The number of halogens is 1. The van der Waals surface area contributed by atoms with Crippen LogP contribution in [0.3, 0.4) is 0 Å². The molecule has 1 aliphatic heterocycles. The summed E-state index contributed by atoms with van der Waals surface area (Å²) in [5.74, 6) is 0.151. The lowest BCUT2D eigenvalue weighted by Gasteiger charge is -2.29. The lowest BCUT2D eigenvalue weighted by molar-refractivity contribution is 0.102. The monoisotopic (exact) mass is 448 g/mol. The number of nitrogens with zero attached hydrogens (tertiary/aromatic N) is 1. The van der Waals surface area contributed by atoms with E-state index in [2.05, 4.69) is 15.3 Å². The Bertz CT molecular complexity index is 1360. The number of hydrogen-bond acceptors (Lipinski definition) is 5. The summed E-state index contributed by atoms with van der Waals surface area (Å²) in [5, 5.41) is 2.78. The summed E-state index contributed by atoms with van der Waals surface area (Å²) in [6, 6.07) is 16.4. The van der Waals surface area contributed by atoms with E-state index in [0.717, 1.165) is 0 Å². The van der Waals surface area contributed by atoms with Crippen LogP contribution in [0.4, 0.5) is 15.8 Å². The third-order valence-corrected chi connectivity index (χ3v) is 5.37. The number of carbonyl (C=O) groups excluding carboxylic acids is 1. The minimum atomic E-state index is -0.468. The molecule has 0 spiro atoms. The average Bonchev–Trinajstić information content (AvgIpc) is 3.22. The number of para-hydroxylation sites is 1. The third kappa shape index (κ3) is 4.58. The maximum atomic E-state index is 14.2. The minimum Gasteiger partial charge on any atom is -0.455 e.